The second kappa shape index (κ2) is 7.57. The van der Waals surface area contributed by atoms with Crippen molar-refractivity contribution in [3.8, 4) is 0 Å². The first kappa shape index (κ1) is 15.2. The van der Waals surface area contributed by atoms with Gasteiger partial charge in [-0.2, -0.15) is 0 Å². The third kappa shape index (κ3) is 4.41. The van der Waals surface area contributed by atoms with Crippen molar-refractivity contribution in [2.45, 2.75) is 18.6 Å². The van der Waals surface area contributed by atoms with Crippen LogP contribution in [0.2, 0.25) is 0 Å². The maximum absolute atomic E-state index is 12.2. The molecular weight excluding hydrogens is 266 g/mol. The largest absolute Gasteiger partial charge is 0.394 e. The molecule has 2 aromatic carbocycles. The molecule has 0 heterocycles. The highest BCUT2D eigenvalue weighted by Gasteiger charge is 2.21. The summed E-state index contributed by atoms with van der Waals surface area (Å²) in [6.45, 7) is -0.396. The Morgan fingerprint density at radius 1 is 1.00 bits per heavy atom. The van der Waals surface area contributed by atoms with E-state index in [9.17, 15) is 9.90 Å². The molecule has 0 aliphatic carbocycles. The highest BCUT2D eigenvalue weighted by Crippen LogP contribution is 2.08. The molecule has 1 amide bonds. The molecule has 0 fully saturated rings. The fraction of sp³-hybridized carbons (Fsp3) is 0.235. The zero-order valence-corrected chi connectivity index (χ0v) is 11.6. The Bertz CT molecular complexity index is 557. The lowest BCUT2D eigenvalue weighted by Crippen LogP contribution is -2.46. The zero-order valence-electron chi connectivity index (χ0n) is 11.6. The van der Waals surface area contributed by atoms with Crippen LogP contribution in [0.15, 0.2) is 60.7 Å². The standard InChI is InChI=1S/C17H19NO3/c19-12-16(20)15(11-13-7-3-1-4-8-13)18-17(21)14-9-5-2-6-10-14/h1-10,15-16,19-20H,11-12H2,(H,18,21)/t15-,16-/m0/s1. The molecular formula is C17H19NO3. The predicted octanol–water partition coefficient (Wildman–Crippen LogP) is 1.38. The lowest BCUT2D eigenvalue weighted by atomic mass is 10.0. The highest BCUT2D eigenvalue weighted by atomic mass is 16.3. The summed E-state index contributed by atoms with van der Waals surface area (Å²) in [5.74, 6) is -0.260. The second-order valence-electron chi connectivity index (χ2n) is 4.89. The molecule has 0 bridgehead atoms. The monoisotopic (exact) mass is 285 g/mol. The highest BCUT2D eigenvalue weighted by molar-refractivity contribution is 5.94. The van der Waals surface area contributed by atoms with Gasteiger partial charge >= 0.3 is 0 Å². The zero-order chi connectivity index (χ0) is 15.1. The van der Waals surface area contributed by atoms with Crippen LogP contribution in [0.5, 0.6) is 0 Å². The summed E-state index contributed by atoms with van der Waals surface area (Å²) < 4.78 is 0. The molecule has 2 aromatic rings. The third-order valence-corrected chi connectivity index (χ3v) is 3.30. The Kier molecular flexibility index (Phi) is 5.49. The van der Waals surface area contributed by atoms with Crippen molar-refractivity contribution < 1.29 is 15.0 Å². The molecule has 0 spiro atoms. The van der Waals surface area contributed by atoms with Crippen LogP contribution >= 0.6 is 0 Å². The molecule has 0 saturated carbocycles. The summed E-state index contributed by atoms with van der Waals surface area (Å²) in [6, 6.07) is 17.8. The number of aliphatic hydroxyl groups is 2. The van der Waals surface area contributed by atoms with Gasteiger partial charge in [-0.15, -0.1) is 0 Å². The topological polar surface area (TPSA) is 69.6 Å². The van der Waals surface area contributed by atoms with E-state index >= 15 is 0 Å². The number of benzene rings is 2. The molecule has 2 atom stereocenters. The number of nitrogens with one attached hydrogen (secondary N) is 1. The summed E-state index contributed by atoms with van der Waals surface area (Å²) in [7, 11) is 0. The van der Waals surface area contributed by atoms with Gasteiger partial charge in [-0.25, -0.2) is 0 Å². The first-order valence-corrected chi connectivity index (χ1v) is 6.89. The number of carbonyl (C=O) groups is 1. The maximum Gasteiger partial charge on any atom is 0.251 e. The minimum absolute atomic E-state index is 0.260. The van der Waals surface area contributed by atoms with E-state index in [1.54, 1.807) is 24.3 Å². The number of rotatable bonds is 6. The molecule has 2 rings (SSSR count). The average molecular weight is 285 g/mol. The number of carbonyl (C=O) groups excluding carboxylic acids is 1. The summed E-state index contributed by atoms with van der Waals surface area (Å²) in [5.41, 5.74) is 1.52. The van der Waals surface area contributed by atoms with Crippen LogP contribution in [0.3, 0.4) is 0 Å². The summed E-state index contributed by atoms with van der Waals surface area (Å²) in [4.78, 5) is 12.2. The van der Waals surface area contributed by atoms with E-state index in [0.717, 1.165) is 5.56 Å². The Morgan fingerprint density at radius 3 is 2.14 bits per heavy atom. The second-order valence-corrected chi connectivity index (χ2v) is 4.89. The normalized spacial score (nSPS) is 13.4. The Morgan fingerprint density at radius 2 is 1.57 bits per heavy atom. The predicted molar refractivity (Wildman–Crippen MR) is 80.9 cm³/mol. The van der Waals surface area contributed by atoms with Gasteiger partial charge < -0.3 is 15.5 Å². The SMILES string of the molecule is O=C(N[C@@H](Cc1ccccc1)[C@@H](O)CO)c1ccccc1. The van der Waals surface area contributed by atoms with Crippen molar-refractivity contribution in [1.82, 2.24) is 5.32 Å². The number of amides is 1. The molecule has 0 aliphatic heterocycles. The van der Waals surface area contributed by atoms with E-state index in [-0.39, 0.29) is 5.91 Å². The summed E-state index contributed by atoms with van der Waals surface area (Å²) >= 11 is 0. The number of aliphatic hydroxyl groups excluding tert-OH is 2. The van der Waals surface area contributed by atoms with E-state index in [1.807, 2.05) is 36.4 Å². The van der Waals surface area contributed by atoms with E-state index < -0.39 is 18.8 Å². The first-order chi connectivity index (χ1) is 10.2. The fourth-order valence-corrected chi connectivity index (χ4v) is 2.12. The van der Waals surface area contributed by atoms with Crippen LogP contribution in [0, 0.1) is 0 Å². The fourth-order valence-electron chi connectivity index (χ4n) is 2.12. The number of hydrogen-bond donors (Lipinski definition) is 3. The lowest BCUT2D eigenvalue weighted by Gasteiger charge is -2.23. The van der Waals surface area contributed by atoms with Crippen molar-refractivity contribution >= 4 is 5.91 Å². The molecule has 4 heteroatoms. The molecule has 21 heavy (non-hydrogen) atoms. The van der Waals surface area contributed by atoms with Crippen molar-refractivity contribution in [2.75, 3.05) is 6.61 Å². The van der Waals surface area contributed by atoms with Gasteiger partial charge in [0.2, 0.25) is 0 Å². The van der Waals surface area contributed by atoms with Crippen LogP contribution in [0.4, 0.5) is 0 Å². The van der Waals surface area contributed by atoms with Gasteiger partial charge in [-0.05, 0) is 24.1 Å². The molecule has 0 aliphatic rings. The Balaban J connectivity index is 2.08. The van der Waals surface area contributed by atoms with E-state index in [1.165, 1.54) is 0 Å². The van der Waals surface area contributed by atoms with Crippen LogP contribution in [-0.4, -0.2) is 34.9 Å². The minimum Gasteiger partial charge on any atom is -0.394 e. The van der Waals surface area contributed by atoms with E-state index in [0.29, 0.717) is 12.0 Å². The quantitative estimate of drug-likeness (QED) is 0.751. The van der Waals surface area contributed by atoms with Crippen LogP contribution in [-0.2, 0) is 6.42 Å². The molecule has 0 radical (unpaired) electrons. The molecule has 110 valence electrons. The van der Waals surface area contributed by atoms with Gasteiger partial charge in [0.05, 0.1) is 18.8 Å². The Hall–Kier alpha value is -2.17. The smallest absolute Gasteiger partial charge is 0.251 e. The van der Waals surface area contributed by atoms with Gasteiger partial charge in [-0.3, -0.25) is 4.79 Å². The van der Waals surface area contributed by atoms with Crippen molar-refractivity contribution in [3.63, 3.8) is 0 Å². The molecule has 4 nitrogen and oxygen atoms in total. The van der Waals surface area contributed by atoms with Crippen LogP contribution < -0.4 is 5.32 Å². The molecule has 3 N–H and O–H groups in total. The van der Waals surface area contributed by atoms with Crippen molar-refractivity contribution in [2.24, 2.45) is 0 Å². The van der Waals surface area contributed by atoms with E-state index in [2.05, 4.69) is 5.32 Å². The average Bonchev–Trinajstić information content (AvgIpc) is 2.55. The third-order valence-electron chi connectivity index (χ3n) is 3.30. The Labute approximate surface area is 124 Å². The lowest BCUT2D eigenvalue weighted by molar-refractivity contribution is 0.0567. The molecule has 0 saturated heterocycles. The van der Waals surface area contributed by atoms with Gasteiger partial charge in [-0.1, -0.05) is 48.5 Å². The van der Waals surface area contributed by atoms with Gasteiger partial charge in [0.15, 0.2) is 0 Å². The summed E-state index contributed by atoms with van der Waals surface area (Å²) in [6.07, 6.45) is -0.543. The minimum atomic E-state index is -1.00. The van der Waals surface area contributed by atoms with Crippen LogP contribution in [0.25, 0.3) is 0 Å². The van der Waals surface area contributed by atoms with Crippen molar-refractivity contribution in [1.29, 1.82) is 0 Å². The molecule has 0 unspecified atom stereocenters. The molecule has 0 aromatic heterocycles. The van der Waals surface area contributed by atoms with E-state index in [4.69, 9.17) is 5.11 Å². The van der Waals surface area contributed by atoms with Gasteiger partial charge in [0.25, 0.3) is 5.91 Å². The number of hydrogen-bond acceptors (Lipinski definition) is 3. The van der Waals surface area contributed by atoms with Crippen molar-refractivity contribution in [3.05, 3.63) is 71.8 Å². The first-order valence-electron chi connectivity index (χ1n) is 6.89. The van der Waals surface area contributed by atoms with Crippen LogP contribution in [0.1, 0.15) is 15.9 Å². The maximum atomic E-state index is 12.2. The van der Waals surface area contributed by atoms with Gasteiger partial charge in [0.1, 0.15) is 0 Å². The van der Waals surface area contributed by atoms with Gasteiger partial charge in [0, 0.05) is 5.56 Å². The summed E-state index contributed by atoms with van der Waals surface area (Å²) in [5, 5.41) is 21.9.